The van der Waals surface area contributed by atoms with E-state index in [0.717, 1.165) is 6.42 Å². The Hall–Kier alpha value is -0.940. The Bertz CT molecular complexity index is 329. The zero-order chi connectivity index (χ0) is 12.3. The average Bonchev–Trinajstić information content (AvgIpc) is 2.38. The molecule has 1 aromatic carbocycles. The molecule has 1 atom stereocenters. The molecule has 0 fully saturated rings. The third-order valence-corrected chi connectivity index (χ3v) is 3.91. The molecule has 0 N–H and O–H groups in total. The van der Waals surface area contributed by atoms with E-state index in [2.05, 4.69) is 25.1 Å². The summed E-state index contributed by atoms with van der Waals surface area (Å²) in [4.78, 5) is 1.20. The van der Waals surface area contributed by atoms with Crippen molar-refractivity contribution < 1.29 is 0 Å². The minimum Gasteiger partial charge on any atom is -0.197 e. The number of hydrogen-bond donors (Lipinski definition) is 0. The van der Waals surface area contributed by atoms with Crippen LogP contribution < -0.4 is 0 Å². The predicted octanol–water partition coefficient (Wildman–Crippen LogP) is 5.03. The second-order valence-electron chi connectivity index (χ2n) is 4.25. The van der Waals surface area contributed by atoms with Gasteiger partial charge in [-0.3, -0.25) is 0 Å². The minimum absolute atomic E-state index is 0.110. The van der Waals surface area contributed by atoms with Crippen LogP contribution in [-0.2, 0) is 0 Å². The normalized spacial score (nSPS) is 12.0. The molecule has 1 aromatic rings. The molecular formula is C15H21NS. The van der Waals surface area contributed by atoms with Gasteiger partial charge in [-0.15, -0.1) is 11.8 Å². The van der Waals surface area contributed by atoms with E-state index in [0.29, 0.717) is 0 Å². The summed E-state index contributed by atoms with van der Waals surface area (Å²) in [5.41, 5.74) is 0. The summed E-state index contributed by atoms with van der Waals surface area (Å²) in [7, 11) is 0. The van der Waals surface area contributed by atoms with Gasteiger partial charge in [0.05, 0.1) is 11.3 Å². The highest BCUT2D eigenvalue weighted by atomic mass is 32.2. The monoisotopic (exact) mass is 247 g/mol. The van der Waals surface area contributed by atoms with Crippen LogP contribution in [0.3, 0.4) is 0 Å². The maximum atomic E-state index is 9.12. The molecule has 0 saturated heterocycles. The first-order valence-electron chi connectivity index (χ1n) is 6.48. The quantitative estimate of drug-likeness (QED) is 0.475. The number of nitrogens with zero attached hydrogens (tertiary/aromatic N) is 1. The van der Waals surface area contributed by atoms with Crippen molar-refractivity contribution in [2.45, 2.75) is 55.6 Å². The predicted molar refractivity (Wildman–Crippen MR) is 75.1 cm³/mol. The van der Waals surface area contributed by atoms with E-state index in [1.54, 1.807) is 11.8 Å². The maximum absolute atomic E-state index is 9.12. The minimum atomic E-state index is 0.110. The molecule has 17 heavy (non-hydrogen) atoms. The lowest BCUT2D eigenvalue weighted by atomic mass is 10.1. The Morgan fingerprint density at radius 1 is 1.12 bits per heavy atom. The Labute approximate surface area is 109 Å². The second kappa shape index (κ2) is 9.13. The molecule has 0 aromatic heterocycles. The molecule has 0 aliphatic rings. The van der Waals surface area contributed by atoms with E-state index < -0.39 is 0 Å². The molecule has 0 spiro atoms. The van der Waals surface area contributed by atoms with E-state index in [-0.39, 0.29) is 5.25 Å². The third-order valence-electron chi connectivity index (χ3n) is 2.74. The second-order valence-corrected chi connectivity index (χ2v) is 5.53. The molecule has 0 bridgehead atoms. The van der Waals surface area contributed by atoms with Crippen LogP contribution in [-0.4, -0.2) is 5.25 Å². The van der Waals surface area contributed by atoms with Crippen molar-refractivity contribution in [2.24, 2.45) is 0 Å². The fraction of sp³-hybridized carbons (Fsp3) is 0.533. The van der Waals surface area contributed by atoms with Crippen molar-refractivity contribution >= 4 is 11.8 Å². The molecular weight excluding hydrogens is 226 g/mol. The lowest BCUT2D eigenvalue weighted by Gasteiger charge is -2.08. The highest BCUT2D eigenvalue weighted by molar-refractivity contribution is 8.00. The smallest absolute Gasteiger partial charge is 0.0963 e. The van der Waals surface area contributed by atoms with Gasteiger partial charge in [-0.05, 0) is 18.6 Å². The average molecular weight is 247 g/mol. The lowest BCUT2D eigenvalue weighted by Crippen LogP contribution is -1.98. The van der Waals surface area contributed by atoms with Crippen LogP contribution in [0.15, 0.2) is 35.2 Å². The molecule has 92 valence electrons. The van der Waals surface area contributed by atoms with Crippen LogP contribution in [0.25, 0.3) is 0 Å². The third kappa shape index (κ3) is 6.38. The molecule has 0 heterocycles. The number of hydrogen-bond acceptors (Lipinski definition) is 2. The first-order valence-corrected chi connectivity index (χ1v) is 7.36. The van der Waals surface area contributed by atoms with E-state index in [4.69, 9.17) is 5.26 Å². The van der Waals surface area contributed by atoms with E-state index in [9.17, 15) is 0 Å². The van der Waals surface area contributed by atoms with Gasteiger partial charge in [0.25, 0.3) is 0 Å². The molecule has 1 unspecified atom stereocenters. The van der Waals surface area contributed by atoms with Crippen LogP contribution in [0.4, 0.5) is 0 Å². The molecule has 0 saturated carbocycles. The van der Waals surface area contributed by atoms with Crippen LogP contribution in [0, 0.1) is 11.3 Å². The zero-order valence-electron chi connectivity index (χ0n) is 10.6. The Balaban J connectivity index is 2.23. The molecule has 0 radical (unpaired) electrons. The van der Waals surface area contributed by atoms with Crippen LogP contribution in [0.5, 0.6) is 0 Å². The summed E-state index contributed by atoms with van der Waals surface area (Å²) < 4.78 is 0. The fourth-order valence-electron chi connectivity index (χ4n) is 1.75. The summed E-state index contributed by atoms with van der Waals surface area (Å²) >= 11 is 1.69. The van der Waals surface area contributed by atoms with Gasteiger partial charge in [0.1, 0.15) is 0 Å². The van der Waals surface area contributed by atoms with Gasteiger partial charge in [0.15, 0.2) is 0 Å². The van der Waals surface area contributed by atoms with Gasteiger partial charge in [0.2, 0.25) is 0 Å². The van der Waals surface area contributed by atoms with Gasteiger partial charge in [-0.1, -0.05) is 57.2 Å². The summed E-state index contributed by atoms with van der Waals surface area (Å²) in [5, 5.41) is 9.23. The molecule has 0 amide bonds. The molecule has 1 rings (SSSR count). The Kier molecular flexibility index (Phi) is 7.58. The highest BCUT2D eigenvalue weighted by Gasteiger charge is 2.08. The van der Waals surface area contributed by atoms with Crippen molar-refractivity contribution in [2.75, 3.05) is 0 Å². The van der Waals surface area contributed by atoms with Crippen molar-refractivity contribution in [1.82, 2.24) is 0 Å². The van der Waals surface area contributed by atoms with Crippen molar-refractivity contribution in [3.8, 4) is 6.07 Å². The molecule has 0 aliphatic carbocycles. The summed E-state index contributed by atoms with van der Waals surface area (Å²) in [6, 6.07) is 12.6. The van der Waals surface area contributed by atoms with Crippen molar-refractivity contribution in [1.29, 1.82) is 5.26 Å². The van der Waals surface area contributed by atoms with Gasteiger partial charge in [-0.2, -0.15) is 5.26 Å². The van der Waals surface area contributed by atoms with Crippen LogP contribution in [0.1, 0.15) is 45.4 Å². The SMILES string of the molecule is CCCCCCCC(C#N)Sc1ccccc1. The molecule has 1 nitrogen and oxygen atoms in total. The zero-order valence-corrected chi connectivity index (χ0v) is 11.4. The van der Waals surface area contributed by atoms with Crippen LogP contribution >= 0.6 is 11.8 Å². The maximum Gasteiger partial charge on any atom is 0.0963 e. The Morgan fingerprint density at radius 2 is 1.82 bits per heavy atom. The summed E-state index contributed by atoms with van der Waals surface area (Å²) in [6.07, 6.45) is 7.37. The molecule has 0 aliphatic heterocycles. The van der Waals surface area contributed by atoms with E-state index in [1.807, 2.05) is 18.2 Å². The first kappa shape index (κ1) is 14.1. The van der Waals surface area contributed by atoms with Crippen molar-refractivity contribution in [3.05, 3.63) is 30.3 Å². The van der Waals surface area contributed by atoms with Crippen molar-refractivity contribution in [3.63, 3.8) is 0 Å². The number of benzene rings is 1. The molecule has 2 heteroatoms. The highest BCUT2D eigenvalue weighted by Crippen LogP contribution is 2.26. The number of nitriles is 1. The van der Waals surface area contributed by atoms with Gasteiger partial charge < -0.3 is 0 Å². The topological polar surface area (TPSA) is 23.8 Å². The summed E-state index contributed by atoms with van der Waals surface area (Å²) in [6.45, 7) is 2.23. The van der Waals surface area contributed by atoms with E-state index in [1.165, 1.54) is 37.0 Å². The number of thioether (sulfide) groups is 1. The lowest BCUT2D eigenvalue weighted by molar-refractivity contribution is 0.616. The number of rotatable bonds is 8. The van der Waals surface area contributed by atoms with Gasteiger partial charge in [0, 0.05) is 4.90 Å². The van der Waals surface area contributed by atoms with Gasteiger partial charge >= 0.3 is 0 Å². The summed E-state index contributed by atoms with van der Waals surface area (Å²) in [5.74, 6) is 0. The first-order chi connectivity index (χ1) is 8.36. The van der Waals surface area contributed by atoms with Gasteiger partial charge in [-0.25, -0.2) is 0 Å². The Morgan fingerprint density at radius 3 is 2.47 bits per heavy atom. The number of unbranched alkanes of at least 4 members (excludes halogenated alkanes) is 4. The van der Waals surface area contributed by atoms with Crippen LogP contribution in [0.2, 0.25) is 0 Å². The fourth-order valence-corrected chi connectivity index (χ4v) is 2.73. The standard InChI is InChI=1S/C15H21NS/c1-2-3-4-5-7-12-15(13-16)17-14-10-8-6-9-11-14/h6,8-11,15H,2-5,7,12H2,1H3. The van der Waals surface area contributed by atoms with E-state index >= 15 is 0 Å². The largest absolute Gasteiger partial charge is 0.197 e.